The van der Waals surface area contributed by atoms with Crippen molar-refractivity contribution in [1.29, 1.82) is 0 Å². The molecule has 253 valence electrons. The summed E-state index contributed by atoms with van der Waals surface area (Å²) in [6.07, 6.45) is 3.72. The van der Waals surface area contributed by atoms with Crippen molar-refractivity contribution in [3.63, 3.8) is 0 Å². The zero-order valence-corrected chi connectivity index (χ0v) is 26.8. The molecule has 2 N–H and O–H groups in total. The van der Waals surface area contributed by atoms with Crippen LogP contribution in [0, 0.1) is 5.41 Å². The molecule has 1 aromatic carbocycles. The molecule has 1 aromatic heterocycles. The Morgan fingerprint density at radius 2 is 1.30 bits per heavy atom. The Morgan fingerprint density at radius 3 is 1.61 bits per heavy atom. The zero-order chi connectivity index (χ0) is 33.8. The average molecular weight is 726 g/mol. The topological polar surface area (TPSA) is 143 Å². The number of ether oxygens (including phenoxy) is 1. The van der Waals surface area contributed by atoms with E-state index in [1.54, 1.807) is 0 Å². The maximum atomic E-state index is 10.7. The molecule has 18 heteroatoms. The van der Waals surface area contributed by atoms with Gasteiger partial charge in [0.05, 0.1) is 6.04 Å². The van der Waals surface area contributed by atoms with Gasteiger partial charge < -0.3 is 4.74 Å². The van der Waals surface area contributed by atoms with E-state index in [0.717, 1.165) is 22.4 Å². The van der Waals surface area contributed by atoms with Gasteiger partial charge in [-0.1, -0.05) is 78.5 Å². The second kappa shape index (κ2) is 14.7. The number of benzene rings is 1. The zero-order valence-electron chi connectivity index (χ0n) is 24.2. The molecule has 1 aliphatic rings. The van der Waals surface area contributed by atoms with E-state index in [4.69, 9.17) is 35.7 Å². The van der Waals surface area contributed by atoms with Crippen LogP contribution in [0.3, 0.4) is 0 Å². The summed E-state index contributed by atoms with van der Waals surface area (Å²) in [7, 11) is -11.7. The van der Waals surface area contributed by atoms with Crippen molar-refractivity contribution in [3.8, 4) is 11.1 Å². The van der Waals surface area contributed by atoms with Crippen LogP contribution in [0.4, 0.5) is 26.3 Å². The van der Waals surface area contributed by atoms with Gasteiger partial charge in [0.1, 0.15) is 12.3 Å². The molecule has 0 amide bonds. The summed E-state index contributed by atoms with van der Waals surface area (Å²) < 4.78 is 121. The molecule has 2 aromatic rings. The smallest absolute Gasteiger partial charge is 0.474 e. The molecular weight excluding hydrogens is 694 g/mol. The molecule has 1 atom stereocenters. The SMILES string of the molecule is C=Cc1cc(-c2ccc(C(C)(C)C)cc2)cnc1C1=N[C@@H](C(C)(C)C)CO1.O=S(=O)(O)C(F)(F)F.O=S(=O)(O)C(F)(F)F.[Cu]. The first-order chi connectivity index (χ1) is 19.1. The van der Waals surface area contributed by atoms with Gasteiger partial charge in [-0.25, -0.2) is 9.98 Å². The fourth-order valence-electron chi connectivity index (χ4n) is 3.08. The van der Waals surface area contributed by atoms with Gasteiger partial charge in [-0.15, -0.1) is 0 Å². The summed E-state index contributed by atoms with van der Waals surface area (Å²) >= 11 is 0. The maximum Gasteiger partial charge on any atom is 0.522 e. The Hall–Kier alpha value is -2.50. The van der Waals surface area contributed by atoms with E-state index in [1.807, 2.05) is 12.3 Å². The predicted molar refractivity (Wildman–Crippen MR) is 149 cm³/mol. The van der Waals surface area contributed by atoms with E-state index >= 15 is 0 Å². The van der Waals surface area contributed by atoms with Crippen LogP contribution >= 0.6 is 0 Å². The van der Waals surface area contributed by atoms with Gasteiger partial charge in [0.2, 0.25) is 5.90 Å². The molecule has 0 aliphatic carbocycles. The number of hydrogen-bond donors (Lipinski definition) is 2. The van der Waals surface area contributed by atoms with Gasteiger partial charge in [-0.05, 0) is 28.0 Å². The fraction of sp³-hybridized carbons (Fsp3) is 0.462. The fourth-order valence-corrected chi connectivity index (χ4v) is 3.08. The maximum absolute atomic E-state index is 10.7. The van der Waals surface area contributed by atoms with Crippen LogP contribution in [0.2, 0.25) is 0 Å². The van der Waals surface area contributed by atoms with Gasteiger partial charge >= 0.3 is 31.3 Å². The van der Waals surface area contributed by atoms with E-state index in [0.29, 0.717) is 12.5 Å². The summed E-state index contributed by atoms with van der Waals surface area (Å²) in [6, 6.07) is 10.9. The monoisotopic (exact) mass is 725 g/mol. The number of aromatic nitrogens is 1. The third-order valence-electron chi connectivity index (χ3n) is 5.66. The van der Waals surface area contributed by atoms with E-state index in [1.165, 1.54) is 5.56 Å². The van der Waals surface area contributed by atoms with Gasteiger partial charge in [0.25, 0.3) is 0 Å². The number of halogens is 6. The number of nitrogens with zero attached hydrogens (tertiary/aromatic N) is 2. The van der Waals surface area contributed by atoms with Gasteiger partial charge in [0.15, 0.2) is 0 Å². The van der Waals surface area contributed by atoms with E-state index in [2.05, 4.69) is 83.4 Å². The minimum atomic E-state index is -5.84. The molecule has 9 nitrogen and oxygen atoms in total. The normalized spacial score (nSPS) is 15.8. The number of alkyl halides is 6. The molecule has 0 spiro atoms. The van der Waals surface area contributed by atoms with Crippen LogP contribution in [0.25, 0.3) is 17.2 Å². The van der Waals surface area contributed by atoms with Crippen LogP contribution in [0.1, 0.15) is 58.4 Å². The second-order valence-corrected chi connectivity index (χ2v) is 14.0. The summed E-state index contributed by atoms with van der Waals surface area (Å²) in [4.78, 5) is 9.43. The molecule has 44 heavy (non-hydrogen) atoms. The summed E-state index contributed by atoms with van der Waals surface area (Å²) in [5, 5.41) is 0. The average Bonchev–Trinajstić information content (AvgIpc) is 3.32. The van der Waals surface area contributed by atoms with Gasteiger partial charge in [-0.2, -0.15) is 43.2 Å². The molecule has 0 bridgehead atoms. The Kier molecular flexibility index (Phi) is 13.9. The molecule has 1 aliphatic heterocycles. The van der Waals surface area contributed by atoms with Crippen molar-refractivity contribution in [1.82, 2.24) is 4.98 Å². The molecule has 2 heterocycles. The molecule has 0 saturated heterocycles. The third kappa shape index (κ3) is 12.1. The van der Waals surface area contributed by atoms with E-state index in [-0.39, 0.29) is 33.9 Å². The van der Waals surface area contributed by atoms with Crippen LogP contribution in [-0.4, -0.2) is 60.5 Å². The molecule has 0 fully saturated rings. The number of hydrogen-bond acceptors (Lipinski definition) is 7. The Balaban J connectivity index is 0.000000901. The van der Waals surface area contributed by atoms with Crippen LogP contribution in [-0.2, 0) is 47.5 Å². The predicted octanol–water partition coefficient (Wildman–Crippen LogP) is 6.67. The molecule has 0 saturated carbocycles. The number of aliphatic imine (C=N–C) groups is 1. The van der Waals surface area contributed by atoms with Crippen molar-refractivity contribution in [2.45, 2.75) is 64.0 Å². The Morgan fingerprint density at radius 1 is 0.864 bits per heavy atom. The van der Waals surface area contributed by atoms with Crippen LogP contribution < -0.4 is 0 Å². The quantitative estimate of drug-likeness (QED) is 0.155. The van der Waals surface area contributed by atoms with Crippen molar-refractivity contribution >= 4 is 32.2 Å². The Bertz CT molecular complexity index is 1490. The Labute approximate surface area is 262 Å². The minimum absolute atomic E-state index is 0. The third-order valence-corrected chi connectivity index (χ3v) is 6.83. The summed E-state index contributed by atoms with van der Waals surface area (Å²) in [5.74, 6) is 0.624. The second-order valence-electron chi connectivity index (χ2n) is 11.2. The van der Waals surface area contributed by atoms with Crippen LogP contribution in [0.15, 0.2) is 48.1 Å². The summed E-state index contributed by atoms with van der Waals surface area (Å²) in [5.41, 5.74) is -5.60. The molecule has 0 unspecified atom stereocenters. The number of rotatable bonds is 3. The standard InChI is InChI=1S/C24H30N2O.2CHF3O3S.Cu/c1-8-16-13-18(17-9-11-19(12-10-17)23(2,3)4)14-25-21(16)22-26-20(15-27-22)24(5,6)7;2*2-1(3,4)8(5,6)7;/h8-14,20H,1,15H2,2-7H3;2*(H,5,6,7);/t20-;;;/m1.../s1. The molecule has 3 rings (SSSR count). The van der Waals surface area contributed by atoms with E-state index in [9.17, 15) is 26.3 Å². The molecular formula is C26H32CuF6N2O7S2. The van der Waals surface area contributed by atoms with Crippen molar-refractivity contribution < 1.29 is 74.1 Å². The van der Waals surface area contributed by atoms with Crippen LogP contribution in [0.5, 0.6) is 0 Å². The molecule has 1 radical (unpaired) electrons. The van der Waals surface area contributed by atoms with Crippen molar-refractivity contribution in [3.05, 3.63) is 59.9 Å². The first-order valence-corrected chi connectivity index (χ1v) is 15.0. The van der Waals surface area contributed by atoms with Gasteiger partial charge in [-0.3, -0.25) is 9.11 Å². The van der Waals surface area contributed by atoms with Gasteiger partial charge in [0, 0.05) is 34.4 Å². The minimum Gasteiger partial charge on any atom is -0.474 e. The van der Waals surface area contributed by atoms with E-state index < -0.39 is 31.3 Å². The largest absolute Gasteiger partial charge is 0.522 e. The first kappa shape index (κ1) is 41.5. The first-order valence-electron chi connectivity index (χ1n) is 12.1. The summed E-state index contributed by atoms with van der Waals surface area (Å²) in [6.45, 7) is 17.8. The van der Waals surface area contributed by atoms with Crippen molar-refractivity contribution in [2.75, 3.05) is 6.61 Å². The van der Waals surface area contributed by atoms with Crippen molar-refractivity contribution in [2.24, 2.45) is 10.4 Å². The number of pyridine rings is 1.